The van der Waals surface area contributed by atoms with Crippen molar-refractivity contribution in [2.45, 2.75) is 25.7 Å². The maximum Gasteiger partial charge on any atom is 0.230 e. The largest absolute Gasteiger partial charge is 0.355 e. The van der Waals surface area contributed by atoms with Crippen LogP contribution in [0.3, 0.4) is 0 Å². The summed E-state index contributed by atoms with van der Waals surface area (Å²) in [5, 5.41) is 6.31. The average molecular weight is 548 g/mol. The van der Waals surface area contributed by atoms with Crippen molar-refractivity contribution in [3.05, 3.63) is 0 Å². The van der Waals surface area contributed by atoms with Crippen molar-refractivity contribution in [2.24, 2.45) is 10.4 Å². The molecule has 28 heavy (non-hydrogen) atoms. The van der Waals surface area contributed by atoms with Crippen LogP contribution in [0.2, 0.25) is 0 Å². The van der Waals surface area contributed by atoms with Gasteiger partial charge in [0.25, 0.3) is 0 Å². The van der Waals surface area contributed by atoms with Crippen molar-refractivity contribution in [3.63, 3.8) is 0 Å². The highest BCUT2D eigenvalue weighted by molar-refractivity contribution is 14.0. The monoisotopic (exact) mass is 547 g/mol. The summed E-state index contributed by atoms with van der Waals surface area (Å²) in [6, 6.07) is 0. The molecule has 1 saturated heterocycles. The average Bonchev–Trinajstić information content (AvgIpc) is 3.14. The highest BCUT2D eigenvalue weighted by atomic mass is 127. The van der Waals surface area contributed by atoms with Gasteiger partial charge in [0.05, 0.1) is 11.2 Å². The normalized spacial score (nSPS) is 20.3. The van der Waals surface area contributed by atoms with Gasteiger partial charge >= 0.3 is 0 Å². The number of amides is 1. The maximum absolute atomic E-state index is 12.6. The molecule has 0 aromatic heterocycles. The van der Waals surface area contributed by atoms with Crippen LogP contribution in [0, 0.1) is 5.41 Å². The Morgan fingerprint density at radius 2 is 1.79 bits per heavy atom. The minimum atomic E-state index is -3.24. The van der Waals surface area contributed by atoms with Gasteiger partial charge in [-0.25, -0.2) is 12.7 Å². The van der Waals surface area contributed by atoms with Crippen LogP contribution in [0.5, 0.6) is 0 Å². The van der Waals surface area contributed by atoms with Crippen LogP contribution in [0.25, 0.3) is 0 Å². The predicted octanol–water partition coefficient (Wildman–Crippen LogP) is 0.797. The second-order valence-electron chi connectivity index (χ2n) is 7.37. The van der Waals surface area contributed by atoms with E-state index in [0.29, 0.717) is 32.1 Å². The van der Waals surface area contributed by atoms with Crippen molar-refractivity contribution in [1.82, 2.24) is 19.8 Å². The zero-order chi connectivity index (χ0) is 19.9. The van der Waals surface area contributed by atoms with E-state index in [1.54, 1.807) is 42.1 Å². The fourth-order valence-electron chi connectivity index (χ4n) is 3.72. The number of rotatable bonds is 7. The third-order valence-electron chi connectivity index (χ3n) is 5.25. The minimum Gasteiger partial charge on any atom is -0.355 e. The van der Waals surface area contributed by atoms with Gasteiger partial charge < -0.3 is 15.5 Å². The van der Waals surface area contributed by atoms with Crippen molar-refractivity contribution in [1.29, 1.82) is 0 Å². The van der Waals surface area contributed by atoms with E-state index in [0.717, 1.165) is 37.2 Å². The molecule has 0 aromatic carbocycles. The van der Waals surface area contributed by atoms with E-state index in [1.807, 2.05) is 0 Å². The molecule has 1 aliphatic carbocycles. The van der Waals surface area contributed by atoms with Crippen LogP contribution in [0.1, 0.15) is 25.7 Å². The first-order valence-corrected chi connectivity index (χ1v) is 12.3. The van der Waals surface area contributed by atoms with Gasteiger partial charge in [-0.15, -0.1) is 24.0 Å². The lowest BCUT2D eigenvalue weighted by atomic mass is 9.84. The number of halogens is 1. The summed E-state index contributed by atoms with van der Waals surface area (Å²) in [7, 11) is 2.00. The van der Waals surface area contributed by atoms with Crippen LogP contribution in [-0.2, 0) is 14.8 Å². The lowest BCUT2D eigenvalue weighted by Gasteiger charge is -2.31. The first-order valence-electron chi connectivity index (χ1n) is 9.53. The predicted molar refractivity (Wildman–Crippen MR) is 127 cm³/mol. The van der Waals surface area contributed by atoms with Crippen LogP contribution >= 0.6 is 35.7 Å². The number of hydrogen-bond donors (Lipinski definition) is 2. The number of guanidine groups is 1. The van der Waals surface area contributed by atoms with Gasteiger partial charge in [-0.3, -0.25) is 9.79 Å². The van der Waals surface area contributed by atoms with Gasteiger partial charge in [-0.2, -0.15) is 11.8 Å². The van der Waals surface area contributed by atoms with Crippen molar-refractivity contribution < 1.29 is 13.2 Å². The van der Waals surface area contributed by atoms with Crippen molar-refractivity contribution in [2.75, 3.05) is 64.6 Å². The molecule has 1 amide bonds. The summed E-state index contributed by atoms with van der Waals surface area (Å²) in [5.74, 6) is 2.45. The van der Waals surface area contributed by atoms with E-state index in [4.69, 9.17) is 0 Å². The standard InChI is InChI=1S/C17H33N5O3S2.HI/c1-18-16(19-8-13-27(24,25)22-9-11-26-12-10-22)20-14-17(6-4-5-7-17)15(23)21(2)3;/h4-14H2,1-3H3,(H2,18,19,20);1H. The van der Waals surface area contributed by atoms with Gasteiger partial charge in [0.1, 0.15) is 0 Å². The second kappa shape index (κ2) is 11.8. The van der Waals surface area contributed by atoms with E-state index in [2.05, 4.69) is 15.6 Å². The molecular formula is C17H34IN5O3S2. The molecule has 0 spiro atoms. The maximum atomic E-state index is 12.6. The minimum absolute atomic E-state index is 0. The number of nitrogens with one attached hydrogen (secondary N) is 2. The number of thioether (sulfide) groups is 1. The molecule has 0 radical (unpaired) electrons. The Morgan fingerprint density at radius 3 is 2.32 bits per heavy atom. The van der Waals surface area contributed by atoms with Crippen LogP contribution in [0.4, 0.5) is 0 Å². The molecule has 2 N–H and O–H groups in total. The van der Waals surface area contributed by atoms with E-state index < -0.39 is 15.4 Å². The number of aliphatic imine (C=N–C) groups is 1. The van der Waals surface area contributed by atoms with E-state index in [9.17, 15) is 13.2 Å². The third kappa shape index (κ3) is 6.91. The molecule has 2 rings (SSSR count). The molecule has 8 nitrogen and oxygen atoms in total. The molecule has 1 saturated carbocycles. The zero-order valence-corrected chi connectivity index (χ0v) is 21.0. The quantitative estimate of drug-likeness (QED) is 0.278. The molecule has 11 heteroatoms. The SMILES string of the molecule is CN=C(NCCS(=O)(=O)N1CCSCC1)NCC1(C(=O)N(C)C)CCCC1.I. The summed E-state index contributed by atoms with van der Waals surface area (Å²) in [6.45, 7) is 1.99. The van der Waals surface area contributed by atoms with Gasteiger partial charge in [-0.1, -0.05) is 12.8 Å². The summed E-state index contributed by atoms with van der Waals surface area (Å²) in [5.41, 5.74) is -0.390. The molecule has 2 fully saturated rings. The Balaban J connectivity index is 0.00000392. The van der Waals surface area contributed by atoms with E-state index >= 15 is 0 Å². The molecule has 0 atom stereocenters. The van der Waals surface area contributed by atoms with E-state index in [-0.39, 0.29) is 35.6 Å². The number of carbonyl (C=O) groups excluding carboxylic acids is 1. The third-order valence-corrected chi connectivity index (χ3v) is 8.07. The van der Waals surface area contributed by atoms with Crippen LogP contribution in [-0.4, -0.2) is 94.1 Å². The summed E-state index contributed by atoms with van der Waals surface area (Å²) >= 11 is 1.79. The van der Waals surface area contributed by atoms with Gasteiger partial charge in [0, 0.05) is 58.8 Å². The van der Waals surface area contributed by atoms with Crippen LogP contribution < -0.4 is 10.6 Å². The van der Waals surface area contributed by atoms with Gasteiger partial charge in [0.15, 0.2) is 5.96 Å². The molecule has 0 bridgehead atoms. The lowest BCUT2D eigenvalue weighted by molar-refractivity contribution is -0.138. The Morgan fingerprint density at radius 1 is 1.18 bits per heavy atom. The van der Waals surface area contributed by atoms with E-state index in [1.165, 1.54) is 0 Å². The number of nitrogens with zero attached hydrogens (tertiary/aromatic N) is 3. The summed E-state index contributed by atoms with van der Waals surface area (Å²) in [4.78, 5) is 18.5. The molecule has 164 valence electrons. The molecule has 0 unspecified atom stereocenters. The summed E-state index contributed by atoms with van der Waals surface area (Å²) < 4.78 is 26.4. The summed E-state index contributed by atoms with van der Waals surface area (Å²) in [6.07, 6.45) is 3.85. The molecule has 2 aliphatic rings. The first kappa shape index (κ1) is 25.8. The Bertz CT molecular complexity index is 631. The molecule has 1 aliphatic heterocycles. The van der Waals surface area contributed by atoms with Crippen molar-refractivity contribution in [3.8, 4) is 0 Å². The molecule has 0 aromatic rings. The lowest BCUT2D eigenvalue weighted by Crippen LogP contribution is -2.50. The highest BCUT2D eigenvalue weighted by Gasteiger charge is 2.42. The Kier molecular flexibility index (Phi) is 10.9. The van der Waals surface area contributed by atoms with Crippen molar-refractivity contribution >= 4 is 57.6 Å². The number of sulfonamides is 1. The van der Waals surface area contributed by atoms with Gasteiger partial charge in [0.2, 0.25) is 15.9 Å². The Hall–Kier alpha value is -0.270. The zero-order valence-electron chi connectivity index (χ0n) is 17.1. The molecule has 1 heterocycles. The fraction of sp³-hybridized carbons (Fsp3) is 0.882. The van der Waals surface area contributed by atoms with Gasteiger partial charge in [-0.05, 0) is 12.8 Å². The smallest absolute Gasteiger partial charge is 0.230 e. The number of carbonyl (C=O) groups is 1. The van der Waals surface area contributed by atoms with Crippen LogP contribution in [0.15, 0.2) is 4.99 Å². The fourth-order valence-corrected chi connectivity index (χ4v) is 6.21. The second-order valence-corrected chi connectivity index (χ2v) is 10.7. The Labute approximate surface area is 190 Å². The molecular weight excluding hydrogens is 513 g/mol. The topological polar surface area (TPSA) is 94.1 Å². The number of hydrogen-bond acceptors (Lipinski definition) is 5. The highest BCUT2D eigenvalue weighted by Crippen LogP contribution is 2.38. The first-order chi connectivity index (χ1) is 12.8.